The van der Waals surface area contributed by atoms with Crippen LogP contribution in [0.3, 0.4) is 0 Å². The molecule has 0 unspecified atom stereocenters. The predicted octanol–water partition coefficient (Wildman–Crippen LogP) is 0.249. The molecule has 1 amide bonds. The molecule has 0 aromatic carbocycles. The monoisotopic (exact) mass is 263 g/mol. The smallest absolute Gasteiger partial charge is 0.244 e. The molecule has 0 fully saturated rings. The fourth-order valence-corrected chi connectivity index (χ4v) is 1.66. The van der Waals surface area contributed by atoms with Crippen molar-refractivity contribution in [2.75, 3.05) is 14.1 Å². The molecule has 2 aromatic rings. The Balaban J connectivity index is 1.88. The Labute approximate surface area is 111 Å². The molecule has 0 saturated carbocycles. The van der Waals surface area contributed by atoms with Crippen LogP contribution in [0.1, 0.15) is 11.5 Å². The van der Waals surface area contributed by atoms with E-state index in [1.807, 2.05) is 13.1 Å². The van der Waals surface area contributed by atoms with E-state index in [9.17, 15) is 4.79 Å². The van der Waals surface area contributed by atoms with E-state index in [4.69, 9.17) is 4.42 Å². The summed E-state index contributed by atoms with van der Waals surface area (Å²) in [6.45, 7) is 1.26. The van der Waals surface area contributed by atoms with Gasteiger partial charge in [-0.2, -0.15) is 0 Å². The minimum absolute atomic E-state index is 0.0442. The molecule has 0 atom stereocenters. The predicted molar refractivity (Wildman–Crippen MR) is 68.0 cm³/mol. The Hall–Kier alpha value is -2.15. The summed E-state index contributed by atoms with van der Waals surface area (Å²) in [5.41, 5.74) is 0.809. The van der Waals surface area contributed by atoms with E-state index in [0.717, 1.165) is 11.5 Å². The number of likely N-dealkylation sites (N-methyl/N-ethyl adjacent to an activating group) is 1. The molecule has 0 aliphatic carbocycles. The molecule has 2 heterocycles. The van der Waals surface area contributed by atoms with Crippen LogP contribution in [0, 0.1) is 0 Å². The van der Waals surface area contributed by atoms with Crippen molar-refractivity contribution in [1.29, 1.82) is 0 Å². The van der Waals surface area contributed by atoms with Crippen molar-refractivity contribution in [2.24, 2.45) is 0 Å². The molecule has 7 nitrogen and oxygen atoms in total. The van der Waals surface area contributed by atoms with Gasteiger partial charge in [-0.3, -0.25) is 4.79 Å². The summed E-state index contributed by atoms with van der Waals surface area (Å²) in [4.78, 5) is 13.6. The number of carbonyl (C=O) groups is 1. The topological polar surface area (TPSA) is 76.2 Å². The van der Waals surface area contributed by atoms with Crippen LogP contribution in [0.4, 0.5) is 0 Å². The first-order valence-electron chi connectivity index (χ1n) is 5.99. The fourth-order valence-electron chi connectivity index (χ4n) is 1.66. The molecule has 0 saturated heterocycles. The molecule has 2 rings (SSSR count). The maximum atomic E-state index is 12.0. The second-order valence-corrected chi connectivity index (χ2v) is 4.27. The second kappa shape index (κ2) is 6.14. The van der Waals surface area contributed by atoms with Gasteiger partial charge >= 0.3 is 0 Å². The Morgan fingerprint density at radius 1 is 1.58 bits per heavy atom. The van der Waals surface area contributed by atoms with Gasteiger partial charge in [-0.25, -0.2) is 4.68 Å². The van der Waals surface area contributed by atoms with Crippen LogP contribution in [0.25, 0.3) is 0 Å². The summed E-state index contributed by atoms with van der Waals surface area (Å²) in [7, 11) is 3.57. The number of aromatic nitrogens is 3. The van der Waals surface area contributed by atoms with Gasteiger partial charge in [0.1, 0.15) is 12.3 Å². The van der Waals surface area contributed by atoms with Crippen molar-refractivity contribution in [1.82, 2.24) is 25.2 Å². The number of carbonyl (C=O) groups excluding carboxylic acids is 1. The highest BCUT2D eigenvalue weighted by atomic mass is 16.3. The molecule has 0 radical (unpaired) electrons. The minimum Gasteiger partial charge on any atom is -0.467 e. The summed E-state index contributed by atoms with van der Waals surface area (Å²) in [6.07, 6.45) is 3.35. The minimum atomic E-state index is -0.0442. The summed E-state index contributed by atoms with van der Waals surface area (Å²) in [6, 6.07) is 3.64. The van der Waals surface area contributed by atoms with Gasteiger partial charge < -0.3 is 14.6 Å². The SMILES string of the molecule is CNCc1cn(CC(=O)N(C)Cc2ccco2)nn1. The van der Waals surface area contributed by atoms with Gasteiger partial charge in [0.15, 0.2) is 0 Å². The average Bonchev–Trinajstić information content (AvgIpc) is 3.02. The third-order valence-corrected chi connectivity index (χ3v) is 2.64. The highest BCUT2D eigenvalue weighted by Gasteiger charge is 2.12. The van der Waals surface area contributed by atoms with E-state index in [-0.39, 0.29) is 12.5 Å². The summed E-state index contributed by atoms with van der Waals surface area (Å²) < 4.78 is 6.74. The molecule has 0 bridgehead atoms. The van der Waals surface area contributed by atoms with E-state index in [0.29, 0.717) is 13.1 Å². The first-order chi connectivity index (χ1) is 9.19. The van der Waals surface area contributed by atoms with Gasteiger partial charge in [0.2, 0.25) is 5.91 Å². The van der Waals surface area contributed by atoms with Crippen LogP contribution in [-0.2, 0) is 24.4 Å². The Kier molecular flexibility index (Phi) is 4.30. The number of furan rings is 1. The van der Waals surface area contributed by atoms with Crippen LogP contribution in [-0.4, -0.2) is 39.9 Å². The van der Waals surface area contributed by atoms with Gasteiger partial charge in [-0.15, -0.1) is 5.10 Å². The van der Waals surface area contributed by atoms with Crippen molar-refractivity contribution in [3.63, 3.8) is 0 Å². The first kappa shape index (κ1) is 13.3. The molecule has 0 aliphatic heterocycles. The van der Waals surface area contributed by atoms with Crippen LogP contribution in [0.15, 0.2) is 29.0 Å². The van der Waals surface area contributed by atoms with E-state index in [1.54, 1.807) is 30.5 Å². The Morgan fingerprint density at radius 2 is 2.42 bits per heavy atom. The first-order valence-corrected chi connectivity index (χ1v) is 5.99. The summed E-state index contributed by atoms with van der Waals surface area (Å²) in [5.74, 6) is 0.711. The highest BCUT2D eigenvalue weighted by Crippen LogP contribution is 2.04. The molecule has 102 valence electrons. The molecular formula is C12H17N5O2. The zero-order valence-corrected chi connectivity index (χ0v) is 11.0. The van der Waals surface area contributed by atoms with E-state index in [2.05, 4.69) is 15.6 Å². The molecule has 0 spiro atoms. The van der Waals surface area contributed by atoms with E-state index in [1.165, 1.54) is 4.68 Å². The van der Waals surface area contributed by atoms with Crippen molar-refractivity contribution in [2.45, 2.75) is 19.6 Å². The van der Waals surface area contributed by atoms with E-state index >= 15 is 0 Å². The molecular weight excluding hydrogens is 246 g/mol. The maximum absolute atomic E-state index is 12.0. The van der Waals surface area contributed by atoms with Gasteiger partial charge in [-0.05, 0) is 19.2 Å². The van der Waals surface area contributed by atoms with Gasteiger partial charge in [0.05, 0.1) is 24.7 Å². The molecule has 1 N–H and O–H groups in total. The lowest BCUT2D eigenvalue weighted by atomic mass is 10.4. The Morgan fingerprint density at radius 3 is 3.11 bits per heavy atom. The molecule has 7 heteroatoms. The lowest BCUT2D eigenvalue weighted by Gasteiger charge is -2.15. The number of hydrogen-bond acceptors (Lipinski definition) is 5. The van der Waals surface area contributed by atoms with E-state index < -0.39 is 0 Å². The maximum Gasteiger partial charge on any atom is 0.244 e. The van der Waals surface area contributed by atoms with Crippen LogP contribution >= 0.6 is 0 Å². The quantitative estimate of drug-likeness (QED) is 0.808. The fraction of sp³-hybridized carbons (Fsp3) is 0.417. The van der Waals surface area contributed by atoms with Crippen LogP contribution < -0.4 is 5.32 Å². The Bertz CT molecular complexity index is 520. The van der Waals surface area contributed by atoms with Crippen LogP contribution in [0.2, 0.25) is 0 Å². The third kappa shape index (κ3) is 3.65. The molecule has 2 aromatic heterocycles. The average molecular weight is 263 g/mol. The number of nitrogens with one attached hydrogen (secondary N) is 1. The lowest BCUT2D eigenvalue weighted by molar-refractivity contribution is -0.131. The summed E-state index contributed by atoms with van der Waals surface area (Å²) >= 11 is 0. The van der Waals surface area contributed by atoms with Gasteiger partial charge in [-0.1, -0.05) is 5.21 Å². The van der Waals surface area contributed by atoms with Crippen molar-refractivity contribution in [3.05, 3.63) is 36.0 Å². The zero-order chi connectivity index (χ0) is 13.7. The van der Waals surface area contributed by atoms with Gasteiger partial charge in [0, 0.05) is 13.6 Å². The third-order valence-electron chi connectivity index (χ3n) is 2.64. The van der Waals surface area contributed by atoms with Gasteiger partial charge in [0.25, 0.3) is 0 Å². The number of amides is 1. The highest BCUT2D eigenvalue weighted by molar-refractivity contribution is 5.75. The normalized spacial score (nSPS) is 10.6. The zero-order valence-electron chi connectivity index (χ0n) is 11.0. The number of nitrogens with zero attached hydrogens (tertiary/aromatic N) is 4. The number of hydrogen-bond donors (Lipinski definition) is 1. The van der Waals surface area contributed by atoms with Crippen molar-refractivity contribution >= 4 is 5.91 Å². The molecule has 19 heavy (non-hydrogen) atoms. The standard InChI is InChI=1S/C12H17N5O2/c1-13-6-10-7-17(15-14-10)9-12(18)16(2)8-11-4-3-5-19-11/h3-5,7,13H,6,8-9H2,1-2H3. The van der Waals surface area contributed by atoms with Crippen molar-refractivity contribution in [3.8, 4) is 0 Å². The molecule has 0 aliphatic rings. The van der Waals surface area contributed by atoms with Crippen molar-refractivity contribution < 1.29 is 9.21 Å². The largest absolute Gasteiger partial charge is 0.467 e. The number of rotatable bonds is 6. The second-order valence-electron chi connectivity index (χ2n) is 4.27. The lowest BCUT2D eigenvalue weighted by Crippen LogP contribution is -2.29. The summed E-state index contributed by atoms with van der Waals surface area (Å²) in [5, 5.41) is 10.8. The van der Waals surface area contributed by atoms with Crippen LogP contribution in [0.5, 0.6) is 0 Å².